The van der Waals surface area contributed by atoms with Crippen LogP contribution in [0.5, 0.6) is 0 Å². The molecule has 106 valence electrons. The lowest BCUT2D eigenvalue weighted by Crippen LogP contribution is -2.65. The molecule has 4 fully saturated rings. The average molecular weight is 270 g/mol. The molecule has 0 radical (unpaired) electrons. The largest absolute Gasteiger partial charge is 0.494 e. The van der Waals surface area contributed by atoms with Crippen LogP contribution in [0.15, 0.2) is 24.3 Å². The lowest BCUT2D eigenvalue weighted by molar-refractivity contribution is -0.199. The van der Waals surface area contributed by atoms with Crippen LogP contribution in [0.25, 0.3) is 0 Å². The van der Waals surface area contributed by atoms with Gasteiger partial charge in [0.15, 0.2) is 0 Å². The highest BCUT2D eigenvalue weighted by atomic mass is 16.7. The summed E-state index contributed by atoms with van der Waals surface area (Å²) in [4.78, 5) is 0. The van der Waals surface area contributed by atoms with Crippen molar-refractivity contribution in [1.29, 1.82) is 0 Å². The van der Waals surface area contributed by atoms with E-state index in [4.69, 9.17) is 9.31 Å². The summed E-state index contributed by atoms with van der Waals surface area (Å²) in [6.45, 7) is 9.21. The Bertz CT molecular complexity index is 556. The first-order valence-electron chi connectivity index (χ1n) is 7.81. The van der Waals surface area contributed by atoms with E-state index in [1.807, 2.05) is 0 Å². The van der Waals surface area contributed by atoms with Crippen LogP contribution in [0, 0.1) is 24.2 Å². The van der Waals surface area contributed by atoms with Crippen LogP contribution < -0.4 is 5.46 Å². The third-order valence-electron chi connectivity index (χ3n) is 6.39. The van der Waals surface area contributed by atoms with Gasteiger partial charge in [0.1, 0.15) is 0 Å². The van der Waals surface area contributed by atoms with Crippen LogP contribution >= 0.6 is 0 Å². The molecule has 3 heteroatoms. The van der Waals surface area contributed by atoms with Gasteiger partial charge >= 0.3 is 7.12 Å². The van der Waals surface area contributed by atoms with Crippen LogP contribution in [0.3, 0.4) is 0 Å². The van der Waals surface area contributed by atoms with Gasteiger partial charge < -0.3 is 9.31 Å². The summed E-state index contributed by atoms with van der Waals surface area (Å²) < 4.78 is 12.8. The van der Waals surface area contributed by atoms with E-state index in [9.17, 15) is 0 Å². The third kappa shape index (κ3) is 1.48. The summed E-state index contributed by atoms with van der Waals surface area (Å²) in [6, 6.07) is 8.41. The third-order valence-corrected chi connectivity index (χ3v) is 6.39. The lowest BCUT2D eigenvalue weighted by Gasteiger charge is -2.64. The van der Waals surface area contributed by atoms with Crippen LogP contribution in [0.4, 0.5) is 0 Å². The predicted molar refractivity (Wildman–Crippen MR) is 80.9 cm³/mol. The van der Waals surface area contributed by atoms with Gasteiger partial charge in [-0.2, -0.15) is 0 Å². The van der Waals surface area contributed by atoms with E-state index in [2.05, 4.69) is 52.0 Å². The minimum absolute atomic E-state index is 0.106. The van der Waals surface area contributed by atoms with Gasteiger partial charge in [-0.25, -0.2) is 0 Å². The second-order valence-corrected chi connectivity index (χ2v) is 7.66. The lowest BCUT2D eigenvalue weighted by atomic mass is 9.43. The molecule has 0 aromatic heterocycles. The highest BCUT2D eigenvalue weighted by Gasteiger charge is 2.68. The Morgan fingerprint density at radius 1 is 1.15 bits per heavy atom. The minimum Gasteiger partial charge on any atom is -0.402 e. The van der Waals surface area contributed by atoms with Crippen molar-refractivity contribution in [3.63, 3.8) is 0 Å². The molecule has 0 spiro atoms. The maximum Gasteiger partial charge on any atom is 0.494 e. The van der Waals surface area contributed by atoms with Crippen LogP contribution in [-0.4, -0.2) is 18.8 Å². The Morgan fingerprint density at radius 3 is 2.60 bits per heavy atom. The van der Waals surface area contributed by atoms with Crippen LogP contribution in [0.1, 0.15) is 39.2 Å². The zero-order chi connectivity index (χ0) is 14.1. The highest BCUT2D eigenvalue weighted by Crippen LogP contribution is 2.65. The van der Waals surface area contributed by atoms with Gasteiger partial charge in [0, 0.05) is 0 Å². The molecular formula is C17H23BO2. The number of hydrogen-bond acceptors (Lipinski definition) is 2. The monoisotopic (exact) mass is 270 g/mol. The molecule has 2 nitrogen and oxygen atoms in total. The molecule has 0 amide bonds. The summed E-state index contributed by atoms with van der Waals surface area (Å²) in [6.07, 6.45) is 2.73. The fourth-order valence-corrected chi connectivity index (χ4v) is 4.85. The van der Waals surface area contributed by atoms with E-state index in [0.29, 0.717) is 11.3 Å². The normalized spacial score (nSPS) is 41.2. The van der Waals surface area contributed by atoms with Gasteiger partial charge in [0.05, 0.1) is 11.7 Å². The van der Waals surface area contributed by atoms with E-state index in [1.165, 1.54) is 17.4 Å². The van der Waals surface area contributed by atoms with Gasteiger partial charge in [-0.1, -0.05) is 43.7 Å². The number of benzene rings is 1. The van der Waals surface area contributed by atoms with Crippen LogP contribution in [0.2, 0.25) is 0 Å². The van der Waals surface area contributed by atoms with E-state index in [0.717, 1.165) is 12.3 Å². The Morgan fingerprint density at radius 2 is 1.90 bits per heavy atom. The van der Waals surface area contributed by atoms with Gasteiger partial charge in [0.25, 0.3) is 0 Å². The molecule has 0 N–H and O–H groups in total. The van der Waals surface area contributed by atoms with Crippen molar-refractivity contribution in [3.8, 4) is 0 Å². The van der Waals surface area contributed by atoms with Gasteiger partial charge in [0.2, 0.25) is 0 Å². The smallest absolute Gasteiger partial charge is 0.402 e. The molecule has 20 heavy (non-hydrogen) atoms. The van der Waals surface area contributed by atoms with Crippen molar-refractivity contribution in [1.82, 2.24) is 0 Å². The predicted octanol–water partition coefficient (Wildman–Crippen LogP) is 2.93. The standard InChI is InChI=1S/C17H23BO2/c1-11-7-5-6-8-13(11)18-19-15-10-12-9-14(16(12,2)3)17(15,4)20-18/h5-8,12,14-15H,9-10H2,1-4H3/t12-,14-,15+,17-/m1/s1. The molecule has 3 saturated carbocycles. The first-order chi connectivity index (χ1) is 9.43. The second kappa shape index (κ2) is 3.89. The summed E-state index contributed by atoms with van der Waals surface area (Å²) >= 11 is 0. The molecule has 0 unspecified atom stereocenters. The molecule has 4 atom stereocenters. The summed E-state index contributed by atoms with van der Waals surface area (Å²) in [7, 11) is -0.179. The summed E-state index contributed by atoms with van der Waals surface area (Å²) in [5, 5.41) is 0. The number of hydrogen-bond donors (Lipinski definition) is 0. The van der Waals surface area contributed by atoms with Crippen molar-refractivity contribution in [3.05, 3.63) is 29.8 Å². The van der Waals surface area contributed by atoms with Crippen molar-refractivity contribution in [2.75, 3.05) is 0 Å². The van der Waals surface area contributed by atoms with Crippen molar-refractivity contribution < 1.29 is 9.31 Å². The fourth-order valence-electron chi connectivity index (χ4n) is 4.85. The van der Waals surface area contributed by atoms with Gasteiger partial charge in [-0.15, -0.1) is 0 Å². The molecule has 4 aliphatic rings. The number of rotatable bonds is 1. The van der Waals surface area contributed by atoms with Gasteiger partial charge in [-0.05, 0) is 49.4 Å². The Hall–Kier alpha value is -0.795. The molecule has 3 aliphatic carbocycles. The number of aryl methyl sites for hydroxylation is 1. The molecular weight excluding hydrogens is 247 g/mol. The topological polar surface area (TPSA) is 18.5 Å². The zero-order valence-corrected chi connectivity index (χ0v) is 12.8. The molecule has 1 aliphatic heterocycles. The van der Waals surface area contributed by atoms with E-state index >= 15 is 0 Å². The molecule has 1 aromatic rings. The Labute approximate surface area is 122 Å². The van der Waals surface area contributed by atoms with Gasteiger partial charge in [-0.3, -0.25) is 0 Å². The maximum absolute atomic E-state index is 6.48. The first-order valence-corrected chi connectivity index (χ1v) is 7.81. The van der Waals surface area contributed by atoms with E-state index < -0.39 is 0 Å². The first kappa shape index (κ1) is 12.9. The average Bonchev–Trinajstić information content (AvgIpc) is 2.75. The molecule has 1 heterocycles. The minimum atomic E-state index is -0.179. The van der Waals surface area contributed by atoms with Crippen LogP contribution in [-0.2, 0) is 9.31 Å². The summed E-state index contributed by atoms with van der Waals surface area (Å²) in [5.41, 5.74) is 2.75. The molecule has 1 saturated heterocycles. The zero-order valence-electron chi connectivity index (χ0n) is 12.8. The Balaban J connectivity index is 1.66. The highest BCUT2D eigenvalue weighted by molar-refractivity contribution is 6.62. The Kier molecular flexibility index (Phi) is 2.51. The quantitative estimate of drug-likeness (QED) is 0.730. The fraction of sp³-hybridized carbons (Fsp3) is 0.647. The SMILES string of the molecule is Cc1ccccc1B1O[C@H]2C[C@H]3C[C@H](C3(C)C)[C@@]2(C)O1. The maximum atomic E-state index is 6.48. The van der Waals surface area contributed by atoms with Crippen molar-refractivity contribution >= 4 is 12.6 Å². The molecule has 1 aromatic carbocycles. The molecule has 2 bridgehead atoms. The van der Waals surface area contributed by atoms with E-state index in [-0.39, 0.29) is 18.8 Å². The van der Waals surface area contributed by atoms with E-state index in [1.54, 1.807) is 0 Å². The second-order valence-electron chi connectivity index (χ2n) is 7.66. The van der Waals surface area contributed by atoms with Crippen molar-refractivity contribution in [2.45, 2.75) is 52.2 Å². The van der Waals surface area contributed by atoms with Crippen molar-refractivity contribution in [2.24, 2.45) is 17.3 Å². The molecule has 5 rings (SSSR count). The summed E-state index contributed by atoms with van der Waals surface area (Å²) in [5.74, 6) is 1.44.